The average molecular weight is 261 g/mol. The number of aldehydes is 1. The highest BCUT2D eigenvalue weighted by molar-refractivity contribution is 7.15. The summed E-state index contributed by atoms with van der Waals surface area (Å²) < 4.78 is 0. The molecule has 94 valence electrons. The third-order valence-corrected chi connectivity index (χ3v) is 4.05. The molecule has 0 aliphatic carbocycles. The van der Waals surface area contributed by atoms with E-state index in [2.05, 4.69) is 4.98 Å². The normalized spacial score (nSPS) is 10.6. The van der Waals surface area contributed by atoms with Crippen molar-refractivity contribution in [3.8, 4) is 10.4 Å². The first-order valence-corrected chi connectivity index (χ1v) is 6.73. The lowest BCUT2D eigenvalue weighted by Crippen LogP contribution is -2.13. The molecule has 0 bridgehead atoms. The fourth-order valence-corrected chi connectivity index (χ4v) is 2.93. The number of hydrogen-bond acceptors (Lipinski definition) is 3. The van der Waals surface area contributed by atoms with Crippen LogP contribution in [0.15, 0.2) is 23.0 Å². The number of carbonyl (C=O) groups excluding carboxylic acids is 1. The lowest BCUT2D eigenvalue weighted by molar-refractivity contribution is -0.107. The van der Waals surface area contributed by atoms with Gasteiger partial charge in [-0.3, -0.25) is 4.79 Å². The highest BCUT2D eigenvalue weighted by Crippen LogP contribution is 2.29. The van der Waals surface area contributed by atoms with Crippen molar-refractivity contribution in [2.24, 2.45) is 0 Å². The predicted molar refractivity (Wildman–Crippen MR) is 74.3 cm³/mol. The molecule has 2 rings (SSSR count). The molecule has 0 saturated heterocycles. The number of rotatable bonds is 4. The van der Waals surface area contributed by atoms with Crippen LogP contribution in [0.3, 0.4) is 0 Å². The van der Waals surface area contributed by atoms with Gasteiger partial charge in [-0.15, -0.1) is 11.3 Å². The van der Waals surface area contributed by atoms with Gasteiger partial charge in [0.1, 0.15) is 6.29 Å². The minimum atomic E-state index is -0.0107. The van der Waals surface area contributed by atoms with Gasteiger partial charge in [0.15, 0.2) is 0 Å². The van der Waals surface area contributed by atoms with Gasteiger partial charge >= 0.3 is 0 Å². The third-order valence-electron chi connectivity index (χ3n) is 2.91. The zero-order valence-corrected chi connectivity index (χ0v) is 11.3. The standard InChI is InChI=1S/C14H15NO2S/c1-3-10-8-12(9(2)15-14(10)17)13-5-4-11(18-13)6-7-16/h4-5,7-8H,3,6H2,1-2H3,(H,15,17). The SMILES string of the molecule is CCc1cc(-c2ccc(CC=O)s2)c(C)[nH]c1=O. The van der Waals surface area contributed by atoms with Crippen LogP contribution in [0.25, 0.3) is 10.4 Å². The average Bonchev–Trinajstić information content (AvgIpc) is 2.78. The molecule has 0 aliphatic rings. The van der Waals surface area contributed by atoms with Crippen LogP contribution in [0.4, 0.5) is 0 Å². The second kappa shape index (κ2) is 5.31. The quantitative estimate of drug-likeness (QED) is 0.860. The van der Waals surface area contributed by atoms with E-state index in [0.29, 0.717) is 6.42 Å². The van der Waals surface area contributed by atoms with Crippen molar-refractivity contribution in [2.75, 3.05) is 0 Å². The van der Waals surface area contributed by atoms with Gasteiger partial charge in [0.05, 0.1) is 0 Å². The number of H-pyrrole nitrogens is 1. The molecule has 2 aromatic heterocycles. The summed E-state index contributed by atoms with van der Waals surface area (Å²) in [5.74, 6) is 0. The van der Waals surface area contributed by atoms with Crippen LogP contribution >= 0.6 is 11.3 Å². The van der Waals surface area contributed by atoms with Crippen molar-refractivity contribution in [2.45, 2.75) is 26.7 Å². The summed E-state index contributed by atoms with van der Waals surface area (Å²) in [6.45, 7) is 3.87. The Kier molecular flexibility index (Phi) is 3.77. The Morgan fingerprint density at radius 2 is 2.17 bits per heavy atom. The Bertz CT molecular complexity index is 625. The monoisotopic (exact) mass is 261 g/mol. The topological polar surface area (TPSA) is 49.9 Å². The van der Waals surface area contributed by atoms with E-state index in [-0.39, 0.29) is 5.56 Å². The van der Waals surface area contributed by atoms with E-state index < -0.39 is 0 Å². The smallest absolute Gasteiger partial charge is 0.251 e. The van der Waals surface area contributed by atoms with Crippen LogP contribution in [0.5, 0.6) is 0 Å². The minimum absolute atomic E-state index is 0.0107. The summed E-state index contributed by atoms with van der Waals surface area (Å²) in [6, 6.07) is 5.92. The van der Waals surface area contributed by atoms with Crippen LogP contribution in [0, 0.1) is 6.92 Å². The maximum absolute atomic E-state index is 11.7. The van der Waals surface area contributed by atoms with E-state index in [1.165, 1.54) is 0 Å². The molecule has 0 spiro atoms. The van der Waals surface area contributed by atoms with Crippen LogP contribution in [0.1, 0.15) is 23.1 Å². The first-order valence-electron chi connectivity index (χ1n) is 5.91. The number of hydrogen-bond donors (Lipinski definition) is 1. The number of aryl methyl sites for hydroxylation is 2. The Hall–Kier alpha value is -1.68. The van der Waals surface area contributed by atoms with Crippen LogP contribution in [-0.4, -0.2) is 11.3 Å². The lowest BCUT2D eigenvalue weighted by atomic mass is 10.1. The molecule has 18 heavy (non-hydrogen) atoms. The number of pyridine rings is 1. The molecule has 0 saturated carbocycles. The molecule has 0 fully saturated rings. The molecule has 0 unspecified atom stereocenters. The number of thiophene rings is 1. The molecular weight excluding hydrogens is 246 g/mol. The lowest BCUT2D eigenvalue weighted by Gasteiger charge is -2.05. The fraction of sp³-hybridized carbons (Fsp3) is 0.286. The number of nitrogens with one attached hydrogen (secondary N) is 1. The Morgan fingerprint density at radius 1 is 1.39 bits per heavy atom. The number of carbonyl (C=O) groups is 1. The molecule has 0 amide bonds. The first kappa shape index (κ1) is 12.8. The van der Waals surface area contributed by atoms with Crippen molar-refractivity contribution in [1.29, 1.82) is 0 Å². The van der Waals surface area contributed by atoms with E-state index >= 15 is 0 Å². The molecule has 2 heterocycles. The second-order valence-electron chi connectivity index (χ2n) is 4.15. The zero-order valence-electron chi connectivity index (χ0n) is 10.4. The molecular formula is C14H15NO2S. The Labute approximate surface area is 109 Å². The highest BCUT2D eigenvalue weighted by Gasteiger charge is 2.09. The summed E-state index contributed by atoms with van der Waals surface area (Å²) in [5.41, 5.74) is 2.70. The first-order chi connectivity index (χ1) is 8.65. The summed E-state index contributed by atoms with van der Waals surface area (Å²) >= 11 is 1.60. The summed E-state index contributed by atoms with van der Waals surface area (Å²) in [4.78, 5) is 27.2. The second-order valence-corrected chi connectivity index (χ2v) is 5.32. The largest absolute Gasteiger partial charge is 0.326 e. The van der Waals surface area contributed by atoms with Gasteiger partial charge in [-0.25, -0.2) is 0 Å². The summed E-state index contributed by atoms with van der Waals surface area (Å²) in [6.07, 6.45) is 2.08. The van der Waals surface area contributed by atoms with Crippen LogP contribution < -0.4 is 5.56 Å². The molecule has 0 aromatic carbocycles. The van der Waals surface area contributed by atoms with Crippen LogP contribution in [0.2, 0.25) is 0 Å². The van der Waals surface area contributed by atoms with Crippen LogP contribution in [-0.2, 0) is 17.6 Å². The van der Waals surface area contributed by atoms with Crippen molar-refractivity contribution in [3.63, 3.8) is 0 Å². The van der Waals surface area contributed by atoms with Gasteiger partial charge in [-0.2, -0.15) is 0 Å². The minimum Gasteiger partial charge on any atom is -0.326 e. The summed E-state index contributed by atoms with van der Waals surface area (Å²) in [5, 5.41) is 0. The maximum atomic E-state index is 11.7. The van der Waals surface area contributed by atoms with Crippen molar-refractivity contribution in [1.82, 2.24) is 4.98 Å². The molecule has 3 nitrogen and oxygen atoms in total. The third kappa shape index (κ3) is 2.43. The molecule has 0 atom stereocenters. The van der Waals surface area contributed by atoms with Crippen molar-refractivity contribution >= 4 is 17.6 Å². The highest BCUT2D eigenvalue weighted by atomic mass is 32.1. The van der Waals surface area contributed by atoms with Crippen molar-refractivity contribution in [3.05, 3.63) is 44.7 Å². The molecule has 1 N–H and O–H groups in total. The Morgan fingerprint density at radius 3 is 2.83 bits per heavy atom. The molecule has 0 radical (unpaired) electrons. The number of aromatic nitrogens is 1. The molecule has 4 heteroatoms. The van der Waals surface area contributed by atoms with E-state index in [1.54, 1.807) is 11.3 Å². The van der Waals surface area contributed by atoms with Gasteiger partial charge < -0.3 is 9.78 Å². The Balaban J connectivity index is 2.48. The van der Waals surface area contributed by atoms with E-state index in [0.717, 1.165) is 39.3 Å². The number of aromatic amines is 1. The van der Waals surface area contributed by atoms with Gasteiger partial charge in [-0.1, -0.05) is 6.92 Å². The van der Waals surface area contributed by atoms with Gasteiger partial charge in [0.2, 0.25) is 0 Å². The molecule has 0 aliphatic heterocycles. The zero-order chi connectivity index (χ0) is 13.1. The van der Waals surface area contributed by atoms with E-state index in [4.69, 9.17) is 0 Å². The maximum Gasteiger partial charge on any atom is 0.251 e. The van der Waals surface area contributed by atoms with Gasteiger partial charge in [0.25, 0.3) is 5.56 Å². The van der Waals surface area contributed by atoms with Gasteiger partial charge in [-0.05, 0) is 31.5 Å². The summed E-state index contributed by atoms with van der Waals surface area (Å²) in [7, 11) is 0. The molecule has 2 aromatic rings. The van der Waals surface area contributed by atoms with Crippen molar-refractivity contribution < 1.29 is 4.79 Å². The van der Waals surface area contributed by atoms with Gasteiger partial charge in [0, 0.05) is 33.0 Å². The van der Waals surface area contributed by atoms with E-state index in [1.807, 2.05) is 32.0 Å². The fourth-order valence-electron chi connectivity index (χ4n) is 1.90. The predicted octanol–water partition coefficient (Wildman–Crippen LogP) is 2.72. The van der Waals surface area contributed by atoms with E-state index in [9.17, 15) is 9.59 Å².